The maximum atomic E-state index is 12.8. The van der Waals surface area contributed by atoms with E-state index in [1.54, 1.807) is 4.90 Å². The molecule has 7 nitrogen and oxygen atoms in total. The summed E-state index contributed by atoms with van der Waals surface area (Å²) in [5, 5.41) is 12.1. The Morgan fingerprint density at radius 2 is 1.71 bits per heavy atom. The van der Waals surface area contributed by atoms with Crippen LogP contribution in [0.25, 0.3) is 11.1 Å². The first-order valence-corrected chi connectivity index (χ1v) is 12.6. The van der Waals surface area contributed by atoms with Crippen LogP contribution in [0.1, 0.15) is 43.2 Å². The van der Waals surface area contributed by atoms with Crippen LogP contribution < -0.4 is 5.32 Å². The molecule has 0 spiro atoms. The smallest absolute Gasteiger partial charge is 0.407 e. The molecule has 2 amide bonds. The van der Waals surface area contributed by atoms with Gasteiger partial charge in [0.15, 0.2) is 0 Å². The topological polar surface area (TPSA) is 95.9 Å². The molecule has 0 aromatic heterocycles. The number of fused-ring (bicyclic) bond motifs is 4. The van der Waals surface area contributed by atoms with Gasteiger partial charge in [0.1, 0.15) is 6.61 Å². The molecule has 3 aliphatic rings. The number of aliphatic carboxylic acids is 1. The van der Waals surface area contributed by atoms with E-state index in [1.165, 1.54) is 22.3 Å². The van der Waals surface area contributed by atoms with Crippen LogP contribution in [0, 0.1) is 23.7 Å². The number of hydrogen-bond donors (Lipinski definition) is 2. The minimum atomic E-state index is -0.743. The Hall–Kier alpha value is -3.35. The van der Waals surface area contributed by atoms with Crippen molar-refractivity contribution in [1.29, 1.82) is 0 Å². The Kier molecular flexibility index (Phi) is 6.50. The average molecular weight is 477 g/mol. The summed E-state index contributed by atoms with van der Waals surface area (Å²) in [5.41, 5.74) is 4.71. The van der Waals surface area contributed by atoms with Crippen molar-refractivity contribution in [2.45, 2.75) is 32.1 Å². The molecule has 5 rings (SSSR count). The quantitative estimate of drug-likeness (QED) is 0.598. The second-order valence-corrected chi connectivity index (χ2v) is 10.0. The van der Waals surface area contributed by atoms with Crippen LogP contribution in [0.15, 0.2) is 48.5 Å². The first-order valence-electron chi connectivity index (χ1n) is 12.6. The Balaban J connectivity index is 1.10. The van der Waals surface area contributed by atoms with E-state index in [-0.39, 0.29) is 42.1 Å². The maximum Gasteiger partial charge on any atom is 0.407 e. The molecule has 7 heteroatoms. The zero-order chi connectivity index (χ0) is 24.5. The van der Waals surface area contributed by atoms with Crippen LogP contribution >= 0.6 is 0 Å². The Morgan fingerprint density at radius 1 is 1.06 bits per heavy atom. The molecule has 2 N–H and O–H groups in total. The first kappa shape index (κ1) is 23.4. The Bertz CT molecular complexity index is 1090. The molecule has 2 aliphatic carbocycles. The number of benzene rings is 2. The zero-order valence-electron chi connectivity index (χ0n) is 20.0. The Morgan fingerprint density at radius 3 is 2.34 bits per heavy atom. The third kappa shape index (κ3) is 4.64. The fourth-order valence-electron chi connectivity index (χ4n) is 5.95. The highest BCUT2D eigenvalue weighted by Gasteiger charge is 2.57. The lowest BCUT2D eigenvalue weighted by Gasteiger charge is -2.28. The van der Waals surface area contributed by atoms with Gasteiger partial charge in [-0.2, -0.15) is 0 Å². The summed E-state index contributed by atoms with van der Waals surface area (Å²) >= 11 is 0. The summed E-state index contributed by atoms with van der Waals surface area (Å²) in [4.78, 5) is 38.4. The van der Waals surface area contributed by atoms with Crippen molar-refractivity contribution in [2.24, 2.45) is 23.7 Å². The second-order valence-electron chi connectivity index (χ2n) is 10.0. The van der Waals surface area contributed by atoms with Crippen LogP contribution in [0.2, 0.25) is 0 Å². The standard InChI is InChI=1S/C28H32N2O5/c1-2-17(13-25(31)30-12-11-22-23(15-30)26(22)27(32)33)14-29-28(34)35-16-24-20-9-5-3-7-18(20)19-8-4-6-10-21(19)24/h3-10,17,22-24,26H,2,11-16H2,1H3,(H,29,34)(H,32,33)/t17?,22-,23+,26?/m1/s1. The molecule has 0 radical (unpaired) electrons. The molecule has 184 valence electrons. The van der Waals surface area contributed by atoms with Crippen molar-refractivity contribution in [3.05, 3.63) is 59.7 Å². The van der Waals surface area contributed by atoms with Crippen molar-refractivity contribution in [1.82, 2.24) is 10.2 Å². The van der Waals surface area contributed by atoms with Crippen molar-refractivity contribution >= 4 is 18.0 Å². The molecular formula is C28H32N2O5. The number of carboxylic acids is 1. The van der Waals surface area contributed by atoms with E-state index in [1.807, 2.05) is 31.2 Å². The number of nitrogens with one attached hydrogen (secondary N) is 1. The number of carbonyl (C=O) groups excluding carboxylic acids is 2. The number of likely N-dealkylation sites (tertiary alicyclic amines) is 1. The van der Waals surface area contributed by atoms with Crippen molar-refractivity contribution < 1.29 is 24.2 Å². The summed E-state index contributed by atoms with van der Waals surface area (Å²) in [6.07, 6.45) is 1.39. The average Bonchev–Trinajstić information content (AvgIpc) is 3.52. The summed E-state index contributed by atoms with van der Waals surface area (Å²) in [6.45, 7) is 3.80. The van der Waals surface area contributed by atoms with E-state index < -0.39 is 12.1 Å². The molecule has 0 bridgehead atoms. The molecule has 2 aromatic carbocycles. The van der Waals surface area contributed by atoms with E-state index in [9.17, 15) is 19.5 Å². The molecule has 2 aromatic rings. The predicted molar refractivity (Wildman–Crippen MR) is 131 cm³/mol. The lowest BCUT2D eigenvalue weighted by Crippen LogP contribution is -2.39. The van der Waals surface area contributed by atoms with Gasteiger partial charge in [-0.3, -0.25) is 9.59 Å². The SMILES string of the molecule is CCC(CNC(=O)OCC1c2ccccc2-c2ccccc21)CC(=O)N1CC[C@H]2C(C(=O)O)[C@H]2C1. The fourth-order valence-corrected chi connectivity index (χ4v) is 5.95. The molecule has 1 heterocycles. The van der Waals surface area contributed by atoms with Gasteiger partial charge >= 0.3 is 12.1 Å². The predicted octanol–water partition coefficient (Wildman–Crippen LogP) is 4.12. The van der Waals surface area contributed by atoms with Gasteiger partial charge in [0.25, 0.3) is 0 Å². The number of amides is 2. The highest BCUT2D eigenvalue weighted by molar-refractivity contribution is 5.80. The minimum Gasteiger partial charge on any atom is -0.481 e. The van der Waals surface area contributed by atoms with Crippen molar-refractivity contribution in [3.63, 3.8) is 0 Å². The lowest BCUT2D eigenvalue weighted by molar-refractivity contribution is -0.139. The molecule has 35 heavy (non-hydrogen) atoms. The number of carbonyl (C=O) groups is 3. The number of hydrogen-bond acceptors (Lipinski definition) is 4. The number of rotatable bonds is 8. The lowest BCUT2D eigenvalue weighted by atomic mass is 9.98. The Labute approximate surface area is 205 Å². The number of alkyl carbamates (subject to hydrolysis) is 1. The van der Waals surface area contributed by atoms with Gasteiger partial charge < -0.3 is 20.1 Å². The number of carboxylic acid groups (broad SMARTS) is 1. The van der Waals surface area contributed by atoms with Crippen LogP contribution in [-0.4, -0.2) is 54.2 Å². The first-order chi connectivity index (χ1) is 17.0. The molecule has 2 unspecified atom stereocenters. The number of nitrogens with zero attached hydrogens (tertiary/aromatic N) is 1. The molecule has 1 saturated heterocycles. The van der Waals surface area contributed by atoms with Gasteiger partial charge in [0.05, 0.1) is 5.92 Å². The maximum absolute atomic E-state index is 12.8. The third-order valence-electron chi connectivity index (χ3n) is 8.05. The van der Waals surface area contributed by atoms with Gasteiger partial charge in [-0.05, 0) is 46.4 Å². The molecule has 2 fully saturated rings. The highest BCUT2D eigenvalue weighted by atomic mass is 16.5. The van der Waals surface area contributed by atoms with Crippen LogP contribution in [0.3, 0.4) is 0 Å². The summed E-state index contributed by atoms with van der Waals surface area (Å²) in [6, 6.07) is 16.4. The zero-order valence-corrected chi connectivity index (χ0v) is 20.0. The normalized spacial score (nSPS) is 23.0. The van der Waals surface area contributed by atoms with Crippen LogP contribution in [0.4, 0.5) is 4.79 Å². The third-order valence-corrected chi connectivity index (χ3v) is 8.05. The van der Waals surface area contributed by atoms with Crippen LogP contribution in [0.5, 0.6) is 0 Å². The number of ether oxygens (including phenoxy) is 1. The minimum absolute atomic E-state index is 0.00943. The monoisotopic (exact) mass is 476 g/mol. The molecular weight excluding hydrogens is 444 g/mol. The van der Waals surface area contributed by atoms with Crippen LogP contribution in [-0.2, 0) is 14.3 Å². The largest absolute Gasteiger partial charge is 0.481 e. The summed E-state index contributed by atoms with van der Waals surface area (Å²) < 4.78 is 5.61. The van der Waals surface area contributed by atoms with E-state index >= 15 is 0 Å². The van der Waals surface area contributed by atoms with E-state index in [4.69, 9.17) is 4.74 Å². The van der Waals surface area contributed by atoms with E-state index in [0.717, 1.165) is 12.8 Å². The van der Waals surface area contributed by atoms with Gasteiger partial charge in [-0.15, -0.1) is 0 Å². The summed E-state index contributed by atoms with van der Waals surface area (Å²) in [7, 11) is 0. The summed E-state index contributed by atoms with van der Waals surface area (Å²) in [5.74, 6) is -0.636. The fraction of sp³-hybridized carbons (Fsp3) is 0.464. The number of piperidine rings is 1. The van der Waals surface area contributed by atoms with Gasteiger partial charge in [0.2, 0.25) is 5.91 Å². The second kappa shape index (κ2) is 9.72. The molecule has 1 aliphatic heterocycles. The molecule has 4 atom stereocenters. The van der Waals surface area contributed by atoms with E-state index in [0.29, 0.717) is 26.1 Å². The van der Waals surface area contributed by atoms with Gasteiger partial charge in [-0.25, -0.2) is 4.79 Å². The van der Waals surface area contributed by atoms with Gasteiger partial charge in [-0.1, -0.05) is 61.9 Å². The van der Waals surface area contributed by atoms with Gasteiger partial charge in [0, 0.05) is 32.0 Å². The highest BCUT2D eigenvalue weighted by Crippen LogP contribution is 2.51. The van der Waals surface area contributed by atoms with Crippen molar-refractivity contribution in [2.75, 3.05) is 26.2 Å². The molecule has 1 saturated carbocycles. The van der Waals surface area contributed by atoms with E-state index in [2.05, 4.69) is 29.6 Å². The van der Waals surface area contributed by atoms with Crippen molar-refractivity contribution in [3.8, 4) is 11.1 Å².